The monoisotopic (exact) mass is 453 g/mol. The molecule has 0 amide bonds. The number of hydrogen-bond acceptors (Lipinski definition) is 5. The Labute approximate surface area is 188 Å². The van der Waals surface area contributed by atoms with E-state index in [1.54, 1.807) is 12.1 Å². The Hall–Kier alpha value is -3.39. The van der Waals surface area contributed by atoms with Crippen LogP contribution in [-0.4, -0.2) is 24.5 Å². The summed E-state index contributed by atoms with van der Waals surface area (Å²) in [6, 6.07) is 7.44. The first-order valence-corrected chi connectivity index (χ1v) is 10.5. The number of nitrogens with one attached hydrogen (secondary N) is 1. The highest BCUT2D eigenvalue weighted by Gasteiger charge is 2.24. The summed E-state index contributed by atoms with van der Waals surface area (Å²) in [4.78, 5) is 41.4. The lowest BCUT2D eigenvalue weighted by Gasteiger charge is -2.20. The summed E-state index contributed by atoms with van der Waals surface area (Å²) in [6.45, 7) is 7.79. The molecule has 4 rings (SSSR count). The summed E-state index contributed by atoms with van der Waals surface area (Å²) >= 11 is 6.39. The normalized spacial score (nSPS) is 11.6. The highest BCUT2D eigenvalue weighted by molar-refractivity contribution is 6.33. The maximum absolute atomic E-state index is 14.5. The first-order valence-electron chi connectivity index (χ1n) is 10.2. The molecule has 7 nitrogen and oxygen atoms in total. The molecule has 164 valence electrons. The van der Waals surface area contributed by atoms with E-state index >= 15 is 0 Å². The van der Waals surface area contributed by atoms with Gasteiger partial charge in [-0.1, -0.05) is 51.4 Å². The maximum Gasteiger partial charge on any atom is 0.334 e. The molecule has 0 aliphatic carbocycles. The van der Waals surface area contributed by atoms with Crippen molar-refractivity contribution in [1.29, 1.82) is 0 Å². The summed E-state index contributed by atoms with van der Waals surface area (Å²) in [7, 11) is 0. The first-order chi connectivity index (χ1) is 15.2. The van der Waals surface area contributed by atoms with Crippen molar-refractivity contribution in [2.75, 3.05) is 0 Å². The molecule has 0 saturated carbocycles. The number of aromatic amines is 1. The van der Waals surface area contributed by atoms with Crippen LogP contribution in [0.4, 0.5) is 4.39 Å². The van der Waals surface area contributed by atoms with Gasteiger partial charge in [-0.15, -0.1) is 0 Å². The lowest BCUT2D eigenvalue weighted by atomic mass is 10.0. The molecule has 0 aliphatic rings. The third-order valence-corrected chi connectivity index (χ3v) is 5.45. The number of halogens is 2. The number of aromatic nitrogens is 5. The predicted molar refractivity (Wildman–Crippen MR) is 122 cm³/mol. The summed E-state index contributed by atoms with van der Waals surface area (Å²) in [5.74, 6) is -0.607. The largest absolute Gasteiger partial charge is 0.334 e. The van der Waals surface area contributed by atoms with E-state index in [4.69, 9.17) is 11.6 Å². The van der Waals surface area contributed by atoms with Gasteiger partial charge in [-0.3, -0.25) is 9.78 Å². The Bertz CT molecular complexity index is 1430. The zero-order chi connectivity index (χ0) is 23.2. The van der Waals surface area contributed by atoms with Crippen molar-refractivity contribution in [3.8, 4) is 16.9 Å². The number of pyridine rings is 1. The lowest BCUT2D eigenvalue weighted by molar-refractivity contribution is 0.631. The molecule has 32 heavy (non-hydrogen) atoms. The fourth-order valence-electron chi connectivity index (χ4n) is 3.66. The SMILES string of the molecule is CC(C)c1ncnc(C(C)C)c1-n1c(=O)[nH]c(=O)c2cc(Cl)c(-c3ccccc3F)nc21. The van der Waals surface area contributed by atoms with Crippen LogP contribution >= 0.6 is 11.6 Å². The zero-order valence-corrected chi connectivity index (χ0v) is 18.7. The molecule has 1 aromatic carbocycles. The van der Waals surface area contributed by atoms with Crippen LogP contribution in [0.15, 0.2) is 46.2 Å². The predicted octanol–water partition coefficient (Wildman–Crippen LogP) is 4.57. The Balaban J connectivity index is 2.20. The second-order valence-electron chi connectivity index (χ2n) is 8.07. The van der Waals surface area contributed by atoms with Crippen molar-refractivity contribution < 1.29 is 4.39 Å². The highest BCUT2D eigenvalue weighted by Crippen LogP contribution is 2.32. The van der Waals surface area contributed by atoms with Gasteiger partial charge in [-0.05, 0) is 30.0 Å². The summed E-state index contributed by atoms with van der Waals surface area (Å²) in [5.41, 5.74) is 0.742. The fraction of sp³-hybridized carbons (Fsp3) is 0.261. The molecule has 0 fully saturated rings. The Kier molecular flexibility index (Phi) is 5.64. The van der Waals surface area contributed by atoms with Crippen LogP contribution in [0.25, 0.3) is 28.0 Å². The topological polar surface area (TPSA) is 93.5 Å². The molecular weight excluding hydrogens is 433 g/mol. The minimum atomic E-state index is -0.685. The lowest BCUT2D eigenvalue weighted by Crippen LogP contribution is -2.32. The Morgan fingerprint density at radius 3 is 2.25 bits per heavy atom. The molecule has 0 unspecified atom stereocenters. The van der Waals surface area contributed by atoms with Gasteiger partial charge in [0.05, 0.1) is 33.2 Å². The number of rotatable bonds is 4. The van der Waals surface area contributed by atoms with Crippen LogP contribution < -0.4 is 11.2 Å². The molecule has 0 saturated heterocycles. The van der Waals surface area contributed by atoms with Crippen molar-refractivity contribution in [2.45, 2.75) is 39.5 Å². The molecular formula is C23H21ClFN5O2. The number of H-pyrrole nitrogens is 1. The van der Waals surface area contributed by atoms with E-state index < -0.39 is 17.1 Å². The van der Waals surface area contributed by atoms with Gasteiger partial charge >= 0.3 is 5.69 Å². The van der Waals surface area contributed by atoms with E-state index in [-0.39, 0.29) is 39.1 Å². The average molecular weight is 454 g/mol. The molecule has 3 heterocycles. The highest BCUT2D eigenvalue weighted by atomic mass is 35.5. The fourth-order valence-corrected chi connectivity index (χ4v) is 3.92. The molecule has 0 spiro atoms. The van der Waals surface area contributed by atoms with Crippen molar-refractivity contribution in [3.63, 3.8) is 0 Å². The number of nitrogens with zero attached hydrogens (tertiary/aromatic N) is 4. The molecule has 1 N–H and O–H groups in total. The number of fused-ring (bicyclic) bond motifs is 1. The van der Waals surface area contributed by atoms with Crippen molar-refractivity contribution >= 4 is 22.6 Å². The zero-order valence-electron chi connectivity index (χ0n) is 18.0. The smallest absolute Gasteiger partial charge is 0.273 e. The first kappa shape index (κ1) is 21.8. The van der Waals surface area contributed by atoms with Crippen LogP contribution in [0.1, 0.15) is 50.9 Å². The minimum Gasteiger partial charge on any atom is -0.273 e. The molecule has 0 atom stereocenters. The van der Waals surface area contributed by atoms with Crippen molar-refractivity contribution in [1.82, 2.24) is 24.5 Å². The van der Waals surface area contributed by atoms with Gasteiger partial charge in [0.2, 0.25) is 0 Å². The molecule has 0 bridgehead atoms. The second-order valence-corrected chi connectivity index (χ2v) is 8.47. The van der Waals surface area contributed by atoms with E-state index in [0.717, 1.165) is 0 Å². The van der Waals surface area contributed by atoms with Gasteiger partial charge in [0.15, 0.2) is 5.65 Å². The maximum atomic E-state index is 14.5. The molecule has 9 heteroatoms. The van der Waals surface area contributed by atoms with Crippen molar-refractivity contribution in [2.24, 2.45) is 0 Å². The summed E-state index contributed by atoms with van der Waals surface area (Å²) in [6.07, 6.45) is 1.46. The molecule has 0 radical (unpaired) electrons. The standard InChI is InChI=1S/C23H21ClFN5O2/c1-11(2)17-20(18(12(3)4)27-10-26-17)30-21-14(22(31)29-23(30)32)9-15(24)19(28-21)13-7-5-6-8-16(13)25/h5-12H,1-4H3,(H,29,31,32). The van der Waals surface area contributed by atoms with Gasteiger partial charge < -0.3 is 0 Å². The minimum absolute atomic E-state index is 0.0438. The van der Waals surface area contributed by atoms with E-state index in [2.05, 4.69) is 19.9 Å². The van der Waals surface area contributed by atoms with Crippen LogP contribution in [-0.2, 0) is 0 Å². The number of hydrogen-bond donors (Lipinski definition) is 1. The number of benzene rings is 1. The van der Waals surface area contributed by atoms with E-state index in [0.29, 0.717) is 17.1 Å². The average Bonchev–Trinajstić information content (AvgIpc) is 2.74. The van der Waals surface area contributed by atoms with Crippen LogP contribution in [0, 0.1) is 5.82 Å². The van der Waals surface area contributed by atoms with Gasteiger partial charge in [0.25, 0.3) is 5.56 Å². The van der Waals surface area contributed by atoms with E-state index in [1.807, 2.05) is 27.7 Å². The second kappa shape index (κ2) is 8.27. The molecule has 3 aromatic heterocycles. The van der Waals surface area contributed by atoms with Gasteiger partial charge in [0.1, 0.15) is 12.1 Å². The third-order valence-electron chi connectivity index (χ3n) is 5.16. The molecule has 0 aliphatic heterocycles. The van der Waals surface area contributed by atoms with Gasteiger partial charge in [0, 0.05) is 5.56 Å². The Morgan fingerprint density at radius 1 is 1.03 bits per heavy atom. The Morgan fingerprint density at radius 2 is 1.66 bits per heavy atom. The van der Waals surface area contributed by atoms with Crippen LogP contribution in [0.2, 0.25) is 5.02 Å². The van der Waals surface area contributed by atoms with E-state index in [1.165, 1.54) is 29.1 Å². The van der Waals surface area contributed by atoms with Crippen molar-refractivity contribution in [3.05, 3.63) is 79.7 Å². The van der Waals surface area contributed by atoms with Gasteiger partial charge in [-0.2, -0.15) is 0 Å². The summed E-state index contributed by atoms with van der Waals surface area (Å²) in [5, 5.41) is 0.193. The van der Waals surface area contributed by atoms with Gasteiger partial charge in [-0.25, -0.2) is 28.7 Å². The van der Waals surface area contributed by atoms with E-state index in [9.17, 15) is 14.0 Å². The summed E-state index contributed by atoms with van der Waals surface area (Å²) < 4.78 is 15.8. The van der Waals surface area contributed by atoms with Crippen LogP contribution in [0.5, 0.6) is 0 Å². The molecule has 4 aromatic rings. The third kappa shape index (κ3) is 3.60. The van der Waals surface area contributed by atoms with Crippen LogP contribution in [0.3, 0.4) is 0 Å². The quantitative estimate of drug-likeness (QED) is 0.488.